The molecule has 0 aromatic heterocycles. The van der Waals surface area contributed by atoms with Gasteiger partial charge in [0, 0.05) is 12.1 Å². The number of aliphatic hydroxyl groups excluding tert-OH is 4. The summed E-state index contributed by atoms with van der Waals surface area (Å²) >= 11 is 5.85. The van der Waals surface area contributed by atoms with E-state index in [1.54, 1.807) is 0 Å². The molecule has 0 saturated carbocycles. The Morgan fingerprint density at radius 3 is 2.50 bits per heavy atom. The zero-order chi connectivity index (χ0) is 16.4. The molecule has 1 saturated heterocycles. The molecule has 10 heteroatoms. The maximum absolute atomic E-state index is 10.6. The fraction of sp³-hybridized carbons (Fsp3) is 0.500. The van der Waals surface area contributed by atoms with Gasteiger partial charge in [-0.1, -0.05) is 11.6 Å². The van der Waals surface area contributed by atoms with E-state index in [2.05, 4.69) is 0 Å². The Morgan fingerprint density at radius 1 is 1.27 bits per heavy atom. The number of ether oxygens (including phenoxy) is 2. The van der Waals surface area contributed by atoms with Crippen LogP contribution in [0.4, 0.5) is 5.69 Å². The number of nitro benzene ring substituents is 1. The first-order chi connectivity index (χ1) is 10.3. The Bertz CT molecular complexity index is 554. The van der Waals surface area contributed by atoms with E-state index in [0.717, 1.165) is 12.1 Å². The quantitative estimate of drug-likeness (QED) is 0.423. The van der Waals surface area contributed by atoms with Gasteiger partial charge in [-0.15, -0.1) is 0 Å². The van der Waals surface area contributed by atoms with E-state index in [1.807, 2.05) is 0 Å². The Hall–Kier alpha value is -1.49. The van der Waals surface area contributed by atoms with Gasteiger partial charge in [-0.25, -0.2) is 0 Å². The van der Waals surface area contributed by atoms with Gasteiger partial charge in [0.2, 0.25) is 6.29 Å². The summed E-state index contributed by atoms with van der Waals surface area (Å²) in [4.78, 5) is 9.98. The molecule has 1 aromatic rings. The molecule has 0 bridgehead atoms. The van der Waals surface area contributed by atoms with Crippen molar-refractivity contribution in [1.29, 1.82) is 0 Å². The Balaban J connectivity index is 2.17. The molecule has 1 fully saturated rings. The standard InChI is InChI=1S/C12H14ClNO8/c13-6-3-5(14(19)20)1-2-7(6)21-12-11(18)10(17)9(16)8(4-15)22-12/h1-3,8-12,15-18H,4H2/t8-,9-,10+,11-,12-/m0/s1. The van der Waals surface area contributed by atoms with Crippen LogP contribution >= 0.6 is 11.6 Å². The fourth-order valence-corrected chi connectivity index (χ4v) is 2.21. The maximum atomic E-state index is 10.6. The SMILES string of the molecule is O=[N+]([O-])c1ccc(O[C@H]2O[C@@H](CO)[C@H](O)[C@@H](O)[C@@H]2O)c(Cl)c1. The molecule has 2 rings (SSSR count). The lowest BCUT2D eigenvalue weighted by atomic mass is 9.99. The second-order valence-corrected chi connectivity index (χ2v) is 5.09. The number of rotatable bonds is 4. The first kappa shape index (κ1) is 16.9. The van der Waals surface area contributed by atoms with Crippen LogP contribution in [0.2, 0.25) is 5.02 Å². The topological polar surface area (TPSA) is 143 Å². The van der Waals surface area contributed by atoms with Crippen LogP contribution in [0.25, 0.3) is 0 Å². The van der Waals surface area contributed by atoms with Crippen molar-refractivity contribution in [3.63, 3.8) is 0 Å². The van der Waals surface area contributed by atoms with Gasteiger partial charge in [0.15, 0.2) is 0 Å². The molecule has 0 radical (unpaired) electrons. The monoisotopic (exact) mass is 335 g/mol. The molecule has 122 valence electrons. The van der Waals surface area contributed by atoms with E-state index in [0.29, 0.717) is 0 Å². The summed E-state index contributed by atoms with van der Waals surface area (Å²) in [6.45, 7) is -0.598. The molecule has 4 N–H and O–H groups in total. The summed E-state index contributed by atoms with van der Waals surface area (Å²) in [6.07, 6.45) is -7.22. The maximum Gasteiger partial charge on any atom is 0.271 e. The first-order valence-electron chi connectivity index (χ1n) is 6.26. The van der Waals surface area contributed by atoms with Crippen LogP contribution in [-0.2, 0) is 4.74 Å². The van der Waals surface area contributed by atoms with Crippen molar-refractivity contribution in [1.82, 2.24) is 0 Å². The molecule has 0 aliphatic carbocycles. The number of benzene rings is 1. The van der Waals surface area contributed by atoms with Crippen molar-refractivity contribution in [2.75, 3.05) is 6.61 Å². The molecule has 0 spiro atoms. The van der Waals surface area contributed by atoms with E-state index in [9.17, 15) is 25.4 Å². The number of aliphatic hydroxyl groups is 4. The highest BCUT2D eigenvalue weighted by atomic mass is 35.5. The van der Waals surface area contributed by atoms with E-state index in [-0.39, 0.29) is 16.5 Å². The number of nitro groups is 1. The van der Waals surface area contributed by atoms with Crippen LogP contribution in [-0.4, -0.2) is 62.7 Å². The summed E-state index contributed by atoms with van der Waals surface area (Å²) in [5.74, 6) is -0.0170. The molecule has 22 heavy (non-hydrogen) atoms. The minimum Gasteiger partial charge on any atom is -0.460 e. The van der Waals surface area contributed by atoms with Gasteiger partial charge in [0.05, 0.1) is 16.6 Å². The molecule has 1 aliphatic rings. The Kier molecular flexibility index (Phi) is 5.16. The van der Waals surface area contributed by atoms with Crippen LogP contribution < -0.4 is 4.74 Å². The summed E-state index contributed by atoms with van der Waals surface area (Å²) in [7, 11) is 0. The third-order valence-electron chi connectivity index (χ3n) is 3.22. The number of halogens is 1. The molecule has 0 unspecified atom stereocenters. The number of hydrogen-bond donors (Lipinski definition) is 4. The molecule has 5 atom stereocenters. The molecule has 1 aromatic carbocycles. The summed E-state index contributed by atoms with van der Waals surface area (Å²) in [6, 6.07) is 3.41. The van der Waals surface area contributed by atoms with Gasteiger partial charge in [0.1, 0.15) is 30.2 Å². The van der Waals surface area contributed by atoms with Gasteiger partial charge in [0.25, 0.3) is 5.69 Å². The third-order valence-corrected chi connectivity index (χ3v) is 3.51. The average Bonchev–Trinajstić information content (AvgIpc) is 2.49. The molecule has 0 amide bonds. The van der Waals surface area contributed by atoms with Crippen molar-refractivity contribution in [2.24, 2.45) is 0 Å². The van der Waals surface area contributed by atoms with Crippen LogP contribution in [0.15, 0.2) is 18.2 Å². The van der Waals surface area contributed by atoms with Crippen molar-refractivity contribution in [3.8, 4) is 5.75 Å². The molecule has 9 nitrogen and oxygen atoms in total. The van der Waals surface area contributed by atoms with Crippen molar-refractivity contribution >= 4 is 17.3 Å². The van der Waals surface area contributed by atoms with E-state index >= 15 is 0 Å². The number of non-ortho nitro benzene ring substituents is 1. The Morgan fingerprint density at radius 2 is 1.95 bits per heavy atom. The zero-order valence-electron chi connectivity index (χ0n) is 11.1. The van der Waals surface area contributed by atoms with Gasteiger partial charge < -0.3 is 29.9 Å². The number of hydrogen-bond acceptors (Lipinski definition) is 8. The second-order valence-electron chi connectivity index (χ2n) is 4.69. The predicted molar refractivity (Wildman–Crippen MR) is 72.5 cm³/mol. The fourth-order valence-electron chi connectivity index (χ4n) is 1.99. The van der Waals surface area contributed by atoms with E-state index < -0.39 is 42.2 Å². The van der Waals surface area contributed by atoms with E-state index in [1.165, 1.54) is 6.07 Å². The van der Waals surface area contributed by atoms with Crippen molar-refractivity contribution in [3.05, 3.63) is 33.3 Å². The smallest absolute Gasteiger partial charge is 0.271 e. The summed E-state index contributed by atoms with van der Waals surface area (Å²) < 4.78 is 10.4. The molecule has 1 heterocycles. The largest absolute Gasteiger partial charge is 0.460 e. The normalized spacial score (nSPS) is 31.8. The highest BCUT2D eigenvalue weighted by Gasteiger charge is 2.44. The van der Waals surface area contributed by atoms with Crippen LogP contribution in [0, 0.1) is 10.1 Å². The molecular weight excluding hydrogens is 322 g/mol. The first-order valence-corrected chi connectivity index (χ1v) is 6.64. The lowest BCUT2D eigenvalue weighted by molar-refractivity contribution is -0.384. The second kappa shape index (κ2) is 6.73. The highest BCUT2D eigenvalue weighted by Crippen LogP contribution is 2.31. The molecule has 1 aliphatic heterocycles. The summed E-state index contributed by atoms with van der Waals surface area (Å²) in [5, 5.41) is 48.7. The zero-order valence-corrected chi connectivity index (χ0v) is 11.8. The lowest BCUT2D eigenvalue weighted by Crippen LogP contribution is -2.60. The van der Waals surface area contributed by atoms with Crippen LogP contribution in [0.3, 0.4) is 0 Å². The van der Waals surface area contributed by atoms with E-state index in [4.69, 9.17) is 26.2 Å². The Labute approximate surface area is 129 Å². The minimum atomic E-state index is -1.59. The lowest BCUT2D eigenvalue weighted by Gasteiger charge is -2.39. The molecular formula is C12H14ClNO8. The number of nitrogens with zero attached hydrogens (tertiary/aromatic N) is 1. The van der Waals surface area contributed by atoms with Crippen molar-refractivity contribution < 1.29 is 34.8 Å². The van der Waals surface area contributed by atoms with Crippen LogP contribution in [0.5, 0.6) is 5.75 Å². The van der Waals surface area contributed by atoms with Gasteiger partial charge in [-0.3, -0.25) is 10.1 Å². The average molecular weight is 336 g/mol. The summed E-state index contributed by atoms with van der Waals surface area (Å²) in [5.41, 5.74) is -0.244. The van der Waals surface area contributed by atoms with Gasteiger partial charge in [-0.2, -0.15) is 0 Å². The highest BCUT2D eigenvalue weighted by molar-refractivity contribution is 6.32. The van der Waals surface area contributed by atoms with Crippen molar-refractivity contribution in [2.45, 2.75) is 30.7 Å². The minimum absolute atomic E-state index is 0.0170. The van der Waals surface area contributed by atoms with Gasteiger partial charge in [-0.05, 0) is 6.07 Å². The van der Waals surface area contributed by atoms with Gasteiger partial charge >= 0.3 is 0 Å². The predicted octanol–water partition coefficient (Wildman–Crippen LogP) is -0.573. The third kappa shape index (κ3) is 3.29. The van der Waals surface area contributed by atoms with Crippen LogP contribution in [0.1, 0.15) is 0 Å².